The predicted molar refractivity (Wildman–Crippen MR) is 82.3 cm³/mol. The summed E-state index contributed by atoms with van der Waals surface area (Å²) in [6, 6.07) is 16.5. The maximum atomic E-state index is 5.63. The standard InChI is InChI=1S/C16H16N2OS/c1-2-6-14(7-3-1)20-11-9-13-12-19-16(18-13)15-8-4-5-10-17-15/h1-8,10,13H,9,11-12H2/t13-/m0/s1. The number of thioether (sulfide) groups is 1. The molecule has 4 heteroatoms. The minimum absolute atomic E-state index is 0.253. The maximum absolute atomic E-state index is 5.63. The number of hydrogen-bond donors (Lipinski definition) is 0. The number of benzene rings is 1. The summed E-state index contributed by atoms with van der Waals surface area (Å²) in [5, 5.41) is 0. The van der Waals surface area contributed by atoms with Gasteiger partial charge in [0.05, 0.1) is 6.04 Å². The molecule has 0 spiro atoms. The van der Waals surface area contributed by atoms with Gasteiger partial charge in [-0.1, -0.05) is 24.3 Å². The molecule has 3 rings (SSSR count). The number of hydrogen-bond acceptors (Lipinski definition) is 4. The third-order valence-corrected chi connectivity index (χ3v) is 4.10. The molecule has 0 radical (unpaired) electrons. The van der Waals surface area contributed by atoms with Crippen LogP contribution in [-0.2, 0) is 4.74 Å². The van der Waals surface area contributed by atoms with Gasteiger partial charge in [0.15, 0.2) is 0 Å². The van der Waals surface area contributed by atoms with Crippen LogP contribution in [0.3, 0.4) is 0 Å². The van der Waals surface area contributed by atoms with E-state index in [0.717, 1.165) is 17.9 Å². The first-order valence-electron chi connectivity index (χ1n) is 6.72. The van der Waals surface area contributed by atoms with Gasteiger partial charge < -0.3 is 4.74 Å². The molecule has 1 atom stereocenters. The summed E-state index contributed by atoms with van der Waals surface area (Å²) in [5.41, 5.74) is 0.825. The van der Waals surface area contributed by atoms with E-state index >= 15 is 0 Å². The lowest BCUT2D eigenvalue weighted by atomic mass is 10.3. The first kappa shape index (κ1) is 13.2. The SMILES string of the molecule is c1ccc(SCC[C@H]2COC(c3ccccn3)=N2)cc1. The van der Waals surface area contributed by atoms with E-state index < -0.39 is 0 Å². The van der Waals surface area contributed by atoms with Crippen LogP contribution in [0.4, 0.5) is 0 Å². The quantitative estimate of drug-likeness (QED) is 0.789. The topological polar surface area (TPSA) is 34.5 Å². The van der Waals surface area contributed by atoms with Crippen molar-refractivity contribution in [2.75, 3.05) is 12.4 Å². The summed E-state index contributed by atoms with van der Waals surface area (Å²) in [4.78, 5) is 10.2. The monoisotopic (exact) mass is 284 g/mol. The molecule has 0 aliphatic carbocycles. The summed E-state index contributed by atoms with van der Waals surface area (Å²) < 4.78 is 5.63. The Bertz CT molecular complexity index is 572. The van der Waals surface area contributed by atoms with Crippen LogP contribution in [0.5, 0.6) is 0 Å². The molecule has 2 aromatic rings. The van der Waals surface area contributed by atoms with Crippen molar-refractivity contribution in [2.24, 2.45) is 4.99 Å². The normalized spacial score (nSPS) is 17.6. The Morgan fingerprint density at radius 3 is 2.75 bits per heavy atom. The lowest BCUT2D eigenvalue weighted by molar-refractivity contribution is 0.315. The van der Waals surface area contributed by atoms with Gasteiger partial charge in [0.1, 0.15) is 12.3 Å². The van der Waals surface area contributed by atoms with Crippen LogP contribution in [-0.4, -0.2) is 29.3 Å². The number of nitrogens with zero attached hydrogens (tertiary/aromatic N) is 2. The molecule has 0 fully saturated rings. The van der Waals surface area contributed by atoms with Crippen molar-refractivity contribution < 1.29 is 4.74 Å². The predicted octanol–water partition coefficient (Wildman–Crippen LogP) is 3.41. The molecule has 3 nitrogen and oxygen atoms in total. The van der Waals surface area contributed by atoms with Crippen LogP contribution in [0.25, 0.3) is 0 Å². The second-order valence-electron chi connectivity index (χ2n) is 4.56. The van der Waals surface area contributed by atoms with Crippen molar-refractivity contribution in [3.8, 4) is 0 Å². The number of pyridine rings is 1. The molecular formula is C16H16N2OS. The highest BCUT2D eigenvalue weighted by atomic mass is 32.2. The molecule has 0 saturated heterocycles. The molecule has 0 unspecified atom stereocenters. The van der Waals surface area contributed by atoms with Gasteiger partial charge in [-0.05, 0) is 30.7 Å². The molecule has 1 aromatic carbocycles. The summed E-state index contributed by atoms with van der Waals surface area (Å²) in [6.07, 6.45) is 2.79. The fraction of sp³-hybridized carbons (Fsp3) is 0.250. The zero-order chi connectivity index (χ0) is 13.6. The van der Waals surface area contributed by atoms with Gasteiger partial charge in [-0.3, -0.25) is 4.98 Å². The molecule has 0 amide bonds. The summed E-state index contributed by atoms with van der Waals surface area (Å²) in [6.45, 7) is 0.668. The third kappa shape index (κ3) is 3.39. The Kier molecular flexibility index (Phi) is 4.33. The molecule has 0 bridgehead atoms. The van der Waals surface area contributed by atoms with E-state index in [1.54, 1.807) is 6.20 Å². The Morgan fingerprint density at radius 1 is 1.10 bits per heavy atom. The number of ether oxygens (including phenoxy) is 1. The van der Waals surface area contributed by atoms with Gasteiger partial charge in [-0.2, -0.15) is 0 Å². The van der Waals surface area contributed by atoms with E-state index in [1.807, 2.05) is 36.0 Å². The molecule has 0 N–H and O–H groups in total. The van der Waals surface area contributed by atoms with E-state index in [2.05, 4.69) is 34.2 Å². The molecule has 0 saturated carbocycles. The average molecular weight is 284 g/mol. The van der Waals surface area contributed by atoms with Gasteiger partial charge in [0, 0.05) is 16.8 Å². The van der Waals surface area contributed by atoms with Crippen LogP contribution in [0, 0.1) is 0 Å². The fourth-order valence-corrected chi connectivity index (χ4v) is 3.00. The van der Waals surface area contributed by atoms with Crippen molar-refractivity contribution >= 4 is 17.7 Å². The van der Waals surface area contributed by atoms with Gasteiger partial charge in [0.25, 0.3) is 0 Å². The van der Waals surface area contributed by atoms with E-state index in [0.29, 0.717) is 12.5 Å². The lowest BCUT2D eigenvalue weighted by Gasteiger charge is -2.04. The van der Waals surface area contributed by atoms with E-state index in [4.69, 9.17) is 4.74 Å². The molecule has 102 valence electrons. The Balaban J connectivity index is 1.51. The van der Waals surface area contributed by atoms with Crippen molar-refractivity contribution in [1.82, 2.24) is 4.98 Å². The smallest absolute Gasteiger partial charge is 0.235 e. The first-order valence-corrected chi connectivity index (χ1v) is 7.70. The van der Waals surface area contributed by atoms with E-state index in [9.17, 15) is 0 Å². The van der Waals surface area contributed by atoms with Crippen LogP contribution < -0.4 is 0 Å². The molecule has 1 aliphatic heterocycles. The molecular weight excluding hydrogens is 268 g/mol. The highest BCUT2D eigenvalue weighted by Crippen LogP contribution is 2.21. The van der Waals surface area contributed by atoms with Gasteiger partial charge in [0.2, 0.25) is 5.90 Å². The van der Waals surface area contributed by atoms with Crippen molar-refractivity contribution in [1.29, 1.82) is 0 Å². The average Bonchev–Trinajstić information content (AvgIpc) is 2.98. The highest BCUT2D eigenvalue weighted by molar-refractivity contribution is 7.99. The van der Waals surface area contributed by atoms with Crippen LogP contribution >= 0.6 is 11.8 Å². The molecule has 2 heterocycles. The maximum Gasteiger partial charge on any atom is 0.235 e. The summed E-state index contributed by atoms with van der Waals surface area (Å²) in [7, 11) is 0. The van der Waals surface area contributed by atoms with Gasteiger partial charge >= 0.3 is 0 Å². The van der Waals surface area contributed by atoms with Gasteiger partial charge in [-0.25, -0.2) is 4.99 Å². The third-order valence-electron chi connectivity index (χ3n) is 3.06. The second kappa shape index (κ2) is 6.57. The Labute approximate surface area is 123 Å². The summed E-state index contributed by atoms with van der Waals surface area (Å²) in [5.74, 6) is 1.73. The van der Waals surface area contributed by atoms with Crippen LogP contribution in [0.2, 0.25) is 0 Å². The van der Waals surface area contributed by atoms with Crippen molar-refractivity contribution in [3.05, 3.63) is 60.4 Å². The largest absolute Gasteiger partial charge is 0.474 e. The molecule has 1 aromatic heterocycles. The van der Waals surface area contributed by atoms with Gasteiger partial charge in [-0.15, -0.1) is 11.8 Å². The van der Waals surface area contributed by atoms with Crippen molar-refractivity contribution in [3.63, 3.8) is 0 Å². The van der Waals surface area contributed by atoms with E-state index in [-0.39, 0.29) is 6.04 Å². The van der Waals surface area contributed by atoms with Crippen LogP contribution in [0.15, 0.2) is 64.6 Å². The number of rotatable bonds is 5. The second-order valence-corrected chi connectivity index (χ2v) is 5.73. The molecule has 20 heavy (non-hydrogen) atoms. The fourth-order valence-electron chi connectivity index (χ4n) is 2.02. The van der Waals surface area contributed by atoms with Crippen molar-refractivity contribution in [2.45, 2.75) is 17.4 Å². The summed E-state index contributed by atoms with van der Waals surface area (Å²) >= 11 is 1.86. The number of aromatic nitrogens is 1. The lowest BCUT2D eigenvalue weighted by Crippen LogP contribution is -2.07. The van der Waals surface area contributed by atoms with Crippen LogP contribution in [0.1, 0.15) is 12.1 Å². The Morgan fingerprint density at radius 2 is 1.95 bits per heavy atom. The highest BCUT2D eigenvalue weighted by Gasteiger charge is 2.20. The first-order chi connectivity index (χ1) is 9.92. The van der Waals surface area contributed by atoms with E-state index in [1.165, 1.54) is 4.90 Å². The zero-order valence-corrected chi connectivity index (χ0v) is 11.9. The molecule has 1 aliphatic rings. The number of aliphatic imine (C=N–C) groups is 1. The minimum atomic E-state index is 0.253. The minimum Gasteiger partial charge on any atom is -0.474 e. The zero-order valence-electron chi connectivity index (χ0n) is 11.1. The Hall–Kier alpha value is -1.81.